The van der Waals surface area contributed by atoms with E-state index < -0.39 is 0 Å². The van der Waals surface area contributed by atoms with E-state index in [1.54, 1.807) is 7.11 Å². The molecule has 2 aromatic rings. The molecule has 0 bridgehead atoms. The van der Waals surface area contributed by atoms with Crippen molar-refractivity contribution in [2.75, 3.05) is 31.6 Å². The summed E-state index contributed by atoms with van der Waals surface area (Å²) in [5.41, 5.74) is 2.62. The third kappa shape index (κ3) is 4.79. The molecule has 2 aliphatic rings. The van der Waals surface area contributed by atoms with Crippen molar-refractivity contribution in [3.8, 4) is 11.5 Å². The average Bonchev–Trinajstić information content (AvgIpc) is 3.13. The Bertz CT molecular complexity index is 744. The summed E-state index contributed by atoms with van der Waals surface area (Å²) in [5.74, 6) is 1.73. The van der Waals surface area contributed by atoms with Gasteiger partial charge in [-0.25, -0.2) is 0 Å². The monoisotopic (exact) mass is 380 g/mol. The number of nitrogens with zero attached hydrogens (tertiary/aromatic N) is 1. The lowest BCUT2D eigenvalue weighted by Gasteiger charge is -2.28. The van der Waals surface area contributed by atoms with Crippen LogP contribution in [0.1, 0.15) is 37.7 Å². The zero-order valence-electron chi connectivity index (χ0n) is 16.9. The van der Waals surface area contributed by atoms with E-state index >= 15 is 0 Å². The van der Waals surface area contributed by atoms with Crippen LogP contribution in [0.25, 0.3) is 0 Å². The Labute approximate surface area is 168 Å². The summed E-state index contributed by atoms with van der Waals surface area (Å²) in [7, 11) is 1.72. The van der Waals surface area contributed by atoms with Gasteiger partial charge in [0.15, 0.2) is 11.5 Å². The molecule has 0 unspecified atom stereocenters. The Morgan fingerprint density at radius 1 is 1.00 bits per heavy atom. The van der Waals surface area contributed by atoms with E-state index in [2.05, 4.69) is 58.7 Å². The van der Waals surface area contributed by atoms with Crippen molar-refractivity contribution in [3.63, 3.8) is 0 Å². The molecular weight excluding hydrogens is 348 g/mol. The minimum Gasteiger partial charge on any atom is -0.493 e. The highest BCUT2D eigenvalue weighted by atomic mass is 16.5. The molecule has 1 saturated heterocycles. The molecule has 2 aromatic carbocycles. The third-order valence-electron chi connectivity index (χ3n) is 5.91. The highest BCUT2D eigenvalue weighted by molar-refractivity contribution is 5.56. The molecular formula is C24H32N2O2. The van der Waals surface area contributed by atoms with Crippen molar-refractivity contribution in [1.82, 2.24) is 5.32 Å². The maximum absolute atomic E-state index is 6.32. The number of ether oxygens (including phenoxy) is 2. The number of hydrogen-bond acceptors (Lipinski definition) is 4. The lowest BCUT2D eigenvalue weighted by molar-refractivity contribution is 0.201. The second kappa shape index (κ2) is 9.33. The Kier molecular flexibility index (Phi) is 6.38. The van der Waals surface area contributed by atoms with Crippen molar-refractivity contribution >= 4 is 5.69 Å². The highest BCUT2D eigenvalue weighted by Gasteiger charge is 2.22. The largest absolute Gasteiger partial charge is 0.493 e. The standard InChI is InChI=1S/C24H32N2O2/c1-27-23-13-12-21(17-24(23)28-22-10-5-6-11-22)26-15-7-14-25-20(18-26)16-19-8-3-2-4-9-19/h2-4,8-9,12-13,17,20,22,25H,5-7,10-11,14-16,18H2,1H3/t20-/m1/s1. The maximum atomic E-state index is 6.32. The van der Waals surface area contributed by atoms with Gasteiger partial charge in [0.1, 0.15) is 0 Å². The molecule has 1 aliphatic carbocycles. The van der Waals surface area contributed by atoms with Crippen LogP contribution in [0, 0.1) is 0 Å². The maximum Gasteiger partial charge on any atom is 0.163 e. The van der Waals surface area contributed by atoms with E-state index in [4.69, 9.17) is 9.47 Å². The Morgan fingerprint density at radius 3 is 2.61 bits per heavy atom. The summed E-state index contributed by atoms with van der Waals surface area (Å²) in [6.07, 6.45) is 7.38. The van der Waals surface area contributed by atoms with E-state index in [-0.39, 0.29) is 0 Å². The van der Waals surface area contributed by atoms with Crippen LogP contribution < -0.4 is 19.7 Å². The topological polar surface area (TPSA) is 33.7 Å². The second-order valence-corrected chi connectivity index (χ2v) is 8.00. The van der Waals surface area contributed by atoms with Crippen LogP contribution in [0.4, 0.5) is 5.69 Å². The summed E-state index contributed by atoms with van der Waals surface area (Å²) in [6, 6.07) is 17.6. The Morgan fingerprint density at radius 2 is 1.82 bits per heavy atom. The van der Waals surface area contributed by atoms with Crippen molar-refractivity contribution in [3.05, 3.63) is 54.1 Å². The zero-order chi connectivity index (χ0) is 19.2. The fourth-order valence-electron chi connectivity index (χ4n) is 4.41. The number of benzene rings is 2. The normalized spacial score (nSPS) is 20.8. The average molecular weight is 381 g/mol. The molecule has 1 N–H and O–H groups in total. The number of methoxy groups -OCH3 is 1. The van der Waals surface area contributed by atoms with Gasteiger partial charge in [-0.3, -0.25) is 0 Å². The van der Waals surface area contributed by atoms with Crippen LogP contribution >= 0.6 is 0 Å². The third-order valence-corrected chi connectivity index (χ3v) is 5.91. The zero-order valence-corrected chi connectivity index (χ0v) is 16.9. The molecule has 4 rings (SSSR count). The van der Waals surface area contributed by atoms with Crippen LogP contribution in [-0.2, 0) is 6.42 Å². The number of rotatable bonds is 6. The molecule has 4 heteroatoms. The number of nitrogens with one attached hydrogen (secondary N) is 1. The van der Waals surface area contributed by atoms with Gasteiger partial charge in [-0.1, -0.05) is 30.3 Å². The molecule has 0 radical (unpaired) electrons. The SMILES string of the molecule is COc1ccc(N2CCCN[C@H](Cc3ccccc3)C2)cc1OC1CCCC1. The fraction of sp³-hybridized carbons (Fsp3) is 0.500. The van der Waals surface area contributed by atoms with Gasteiger partial charge in [-0.15, -0.1) is 0 Å². The molecule has 0 spiro atoms. The predicted molar refractivity (Wildman–Crippen MR) is 115 cm³/mol. The number of hydrogen-bond donors (Lipinski definition) is 1. The molecule has 4 nitrogen and oxygen atoms in total. The van der Waals surface area contributed by atoms with E-state index in [0.717, 1.165) is 56.8 Å². The molecule has 2 fully saturated rings. The molecule has 1 heterocycles. The van der Waals surface area contributed by atoms with Gasteiger partial charge in [-0.2, -0.15) is 0 Å². The van der Waals surface area contributed by atoms with Gasteiger partial charge in [0.25, 0.3) is 0 Å². The van der Waals surface area contributed by atoms with Crippen molar-refractivity contribution in [2.45, 2.75) is 50.7 Å². The minimum atomic E-state index is 0.334. The van der Waals surface area contributed by atoms with E-state index in [9.17, 15) is 0 Å². The summed E-state index contributed by atoms with van der Waals surface area (Å²) in [6.45, 7) is 3.13. The Hall–Kier alpha value is -2.20. The van der Waals surface area contributed by atoms with Crippen molar-refractivity contribution in [2.24, 2.45) is 0 Å². The minimum absolute atomic E-state index is 0.334. The van der Waals surface area contributed by atoms with Crippen molar-refractivity contribution < 1.29 is 9.47 Å². The van der Waals surface area contributed by atoms with Gasteiger partial charge < -0.3 is 19.7 Å². The first-order valence-electron chi connectivity index (χ1n) is 10.7. The van der Waals surface area contributed by atoms with E-state index in [0.29, 0.717) is 12.1 Å². The van der Waals surface area contributed by atoms with Crippen LogP contribution in [0.5, 0.6) is 11.5 Å². The van der Waals surface area contributed by atoms with E-state index in [1.165, 1.54) is 24.1 Å². The van der Waals surface area contributed by atoms with Gasteiger partial charge in [-0.05, 0) is 62.8 Å². The molecule has 0 aromatic heterocycles. The lowest BCUT2D eigenvalue weighted by Crippen LogP contribution is -2.39. The van der Waals surface area contributed by atoms with Crippen molar-refractivity contribution in [1.29, 1.82) is 0 Å². The molecule has 1 saturated carbocycles. The first-order valence-corrected chi connectivity index (χ1v) is 10.7. The van der Waals surface area contributed by atoms with Crippen LogP contribution in [-0.4, -0.2) is 38.9 Å². The summed E-state index contributed by atoms with van der Waals surface area (Å²) in [4.78, 5) is 2.49. The lowest BCUT2D eigenvalue weighted by atomic mass is 10.1. The van der Waals surface area contributed by atoms with Gasteiger partial charge in [0.2, 0.25) is 0 Å². The Balaban J connectivity index is 1.49. The van der Waals surface area contributed by atoms with Crippen LogP contribution in [0.3, 0.4) is 0 Å². The number of anilines is 1. The smallest absolute Gasteiger partial charge is 0.163 e. The summed E-state index contributed by atoms with van der Waals surface area (Å²) < 4.78 is 11.9. The van der Waals surface area contributed by atoms with Gasteiger partial charge in [0, 0.05) is 30.9 Å². The first-order chi connectivity index (χ1) is 13.8. The summed E-state index contributed by atoms with van der Waals surface area (Å²) in [5, 5.41) is 3.73. The molecule has 0 amide bonds. The van der Waals surface area contributed by atoms with Crippen LogP contribution in [0.2, 0.25) is 0 Å². The predicted octanol–water partition coefficient (Wildman–Crippen LogP) is 4.43. The molecule has 1 atom stereocenters. The molecule has 1 aliphatic heterocycles. The highest BCUT2D eigenvalue weighted by Crippen LogP contribution is 2.35. The quantitative estimate of drug-likeness (QED) is 0.804. The molecule has 150 valence electrons. The van der Waals surface area contributed by atoms with E-state index in [1.807, 2.05) is 0 Å². The van der Waals surface area contributed by atoms with Gasteiger partial charge >= 0.3 is 0 Å². The summed E-state index contributed by atoms with van der Waals surface area (Å²) >= 11 is 0. The van der Waals surface area contributed by atoms with Crippen LogP contribution in [0.15, 0.2) is 48.5 Å². The second-order valence-electron chi connectivity index (χ2n) is 8.00. The fourth-order valence-corrected chi connectivity index (χ4v) is 4.41. The molecule has 28 heavy (non-hydrogen) atoms. The van der Waals surface area contributed by atoms with Gasteiger partial charge in [0.05, 0.1) is 13.2 Å². The first kappa shape index (κ1) is 19.1.